The predicted molar refractivity (Wildman–Crippen MR) is 103 cm³/mol. The molecule has 140 valence electrons. The Bertz CT molecular complexity index is 1040. The minimum absolute atomic E-state index is 0.164. The number of benzene rings is 2. The summed E-state index contributed by atoms with van der Waals surface area (Å²) in [5.74, 6) is -0.482. The van der Waals surface area contributed by atoms with E-state index in [0.717, 1.165) is 11.3 Å². The lowest BCUT2D eigenvalue weighted by Crippen LogP contribution is -2.42. The van der Waals surface area contributed by atoms with Gasteiger partial charge in [0.2, 0.25) is 9.84 Å². The second-order valence-electron chi connectivity index (χ2n) is 6.60. The number of ether oxygens (including phenoxy) is 1. The third-order valence-corrected chi connectivity index (χ3v) is 6.57. The minimum atomic E-state index is -3.89. The number of nitrogens with one attached hydrogen (secondary N) is 1. The molecular formula is C20H20N2O4S. The molecule has 0 bridgehead atoms. The molecule has 0 aromatic heterocycles. The molecule has 1 fully saturated rings. The monoisotopic (exact) mass is 384 g/mol. The average Bonchev–Trinajstić information content (AvgIpc) is 2.89. The summed E-state index contributed by atoms with van der Waals surface area (Å²) in [6.07, 6.45) is 0. The molecule has 0 aliphatic carbocycles. The van der Waals surface area contributed by atoms with Gasteiger partial charge in [0, 0.05) is 24.3 Å². The van der Waals surface area contributed by atoms with Gasteiger partial charge in [-0.25, -0.2) is 8.42 Å². The molecule has 2 heterocycles. The van der Waals surface area contributed by atoms with E-state index in [2.05, 4.69) is 5.32 Å². The molecule has 0 saturated carbocycles. The number of sulfone groups is 1. The van der Waals surface area contributed by atoms with Crippen LogP contribution in [-0.4, -0.2) is 45.5 Å². The number of nitrogens with zero attached hydrogens (tertiary/aromatic N) is 1. The van der Waals surface area contributed by atoms with Crippen molar-refractivity contribution in [1.29, 1.82) is 0 Å². The Morgan fingerprint density at radius 2 is 1.81 bits per heavy atom. The average molecular weight is 384 g/mol. The first-order valence-corrected chi connectivity index (χ1v) is 10.3. The van der Waals surface area contributed by atoms with E-state index < -0.39 is 15.7 Å². The Morgan fingerprint density at radius 3 is 2.56 bits per heavy atom. The summed E-state index contributed by atoms with van der Waals surface area (Å²) < 4.78 is 31.6. The molecule has 0 unspecified atom stereocenters. The van der Waals surface area contributed by atoms with Crippen LogP contribution < -0.4 is 5.32 Å². The molecule has 27 heavy (non-hydrogen) atoms. The van der Waals surface area contributed by atoms with Crippen molar-refractivity contribution in [3.8, 4) is 0 Å². The van der Waals surface area contributed by atoms with E-state index in [9.17, 15) is 13.2 Å². The summed E-state index contributed by atoms with van der Waals surface area (Å²) in [6.45, 7) is 3.54. The summed E-state index contributed by atoms with van der Waals surface area (Å²) in [5.41, 5.74) is 2.64. The highest BCUT2D eigenvalue weighted by Crippen LogP contribution is 2.40. The maximum atomic E-state index is 13.2. The second-order valence-corrected chi connectivity index (χ2v) is 8.46. The van der Waals surface area contributed by atoms with Gasteiger partial charge in [0.05, 0.1) is 23.8 Å². The summed E-state index contributed by atoms with van der Waals surface area (Å²) >= 11 is 0. The van der Waals surface area contributed by atoms with Gasteiger partial charge in [0.25, 0.3) is 5.91 Å². The van der Waals surface area contributed by atoms with Gasteiger partial charge in [0.1, 0.15) is 0 Å². The molecule has 6 nitrogen and oxygen atoms in total. The third-order valence-electron chi connectivity index (χ3n) is 4.72. The lowest BCUT2D eigenvalue weighted by Gasteiger charge is -2.27. The Balaban J connectivity index is 1.84. The molecule has 1 saturated heterocycles. The number of rotatable bonds is 3. The largest absolute Gasteiger partial charge is 0.378 e. The Labute approximate surface area is 158 Å². The van der Waals surface area contributed by atoms with E-state index in [0.29, 0.717) is 37.6 Å². The summed E-state index contributed by atoms with van der Waals surface area (Å²) in [5, 5.41) is 3.19. The fraction of sp³-hybridized carbons (Fsp3) is 0.250. The van der Waals surface area contributed by atoms with Crippen LogP contribution in [0, 0.1) is 6.92 Å². The van der Waals surface area contributed by atoms with Gasteiger partial charge in [0.15, 0.2) is 4.91 Å². The van der Waals surface area contributed by atoms with Gasteiger partial charge in [-0.05, 0) is 30.7 Å². The zero-order chi connectivity index (χ0) is 19.0. The Kier molecular flexibility index (Phi) is 4.49. The smallest absolute Gasteiger partial charge is 0.268 e. The molecule has 7 heteroatoms. The zero-order valence-electron chi connectivity index (χ0n) is 14.9. The SMILES string of the molecule is Cc1cccc(NC2=C(C(=O)N3CCOCC3)S(=O)(=O)c3ccccc32)c1. The number of amides is 1. The van der Waals surface area contributed by atoms with E-state index in [1.54, 1.807) is 29.2 Å². The number of hydrogen-bond acceptors (Lipinski definition) is 5. The molecule has 2 aliphatic rings. The van der Waals surface area contributed by atoms with Crippen molar-refractivity contribution >= 4 is 27.1 Å². The maximum absolute atomic E-state index is 13.2. The van der Waals surface area contributed by atoms with Crippen LogP contribution >= 0.6 is 0 Å². The van der Waals surface area contributed by atoms with Crippen LogP contribution in [0.2, 0.25) is 0 Å². The van der Waals surface area contributed by atoms with E-state index in [-0.39, 0.29) is 9.80 Å². The first-order valence-electron chi connectivity index (χ1n) is 8.78. The van der Waals surface area contributed by atoms with Gasteiger partial charge in [-0.3, -0.25) is 4.79 Å². The van der Waals surface area contributed by atoms with E-state index in [1.165, 1.54) is 0 Å². The molecule has 2 aromatic rings. The molecule has 4 rings (SSSR count). The molecule has 0 spiro atoms. The van der Waals surface area contributed by atoms with Crippen molar-refractivity contribution in [2.75, 3.05) is 31.6 Å². The van der Waals surface area contributed by atoms with E-state index >= 15 is 0 Å². The quantitative estimate of drug-likeness (QED) is 0.880. The number of fused-ring (bicyclic) bond motifs is 1. The molecule has 0 radical (unpaired) electrons. The number of anilines is 1. The van der Waals surface area contributed by atoms with Gasteiger partial charge in [-0.15, -0.1) is 0 Å². The van der Waals surface area contributed by atoms with Crippen molar-refractivity contribution in [2.45, 2.75) is 11.8 Å². The molecular weight excluding hydrogens is 364 g/mol. The number of carbonyl (C=O) groups is 1. The summed E-state index contributed by atoms with van der Waals surface area (Å²) in [6, 6.07) is 14.3. The van der Waals surface area contributed by atoms with Gasteiger partial charge < -0.3 is 15.0 Å². The molecule has 0 atom stereocenters. The first kappa shape index (κ1) is 17.8. The van der Waals surface area contributed by atoms with Crippen LogP contribution in [0.1, 0.15) is 11.1 Å². The lowest BCUT2D eigenvalue weighted by molar-refractivity contribution is -0.130. The van der Waals surface area contributed by atoms with Crippen molar-refractivity contribution in [2.24, 2.45) is 0 Å². The minimum Gasteiger partial charge on any atom is -0.378 e. The lowest BCUT2D eigenvalue weighted by atomic mass is 10.1. The van der Waals surface area contributed by atoms with Gasteiger partial charge >= 0.3 is 0 Å². The second kappa shape index (κ2) is 6.83. The van der Waals surface area contributed by atoms with Gasteiger partial charge in [-0.2, -0.15) is 0 Å². The molecule has 2 aliphatic heterocycles. The highest BCUT2D eigenvalue weighted by atomic mass is 32.2. The number of hydrogen-bond donors (Lipinski definition) is 1. The Morgan fingerprint density at radius 1 is 1.07 bits per heavy atom. The molecule has 2 aromatic carbocycles. The van der Waals surface area contributed by atoms with E-state index in [1.807, 2.05) is 31.2 Å². The Hall–Kier alpha value is -2.64. The predicted octanol–water partition coefficient (Wildman–Crippen LogP) is 2.42. The summed E-state index contributed by atoms with van der Waals surface area (Å²) in [7, 11) is -3.89. The topological polar surface area (TPSA) is 75.7 Å². The van der Waals surface area contributed by atoms with Crippen molar-refractivity contribution in [1.82, 2.24) is 4.90 Å². The highest BCUT2D eigenvalue weighted by Gasteiger charge is 2.41. The fourth-order valence-corrected chi connectivity index (χ4v) is 5.12. The number of morpholine rings is 1. The number of carbonyl (C=O) groups excluding carboxylic acids is 1. The zero-order valence-corrected chi connectivity index (χ0v) is 15.8. The van der Waals surface area contributed by atoms with Crippen molar-refractivity contribution in [3.63, 3.8) is 0 Å². The van der Waals surface area contributed by atoms with Gasteiger partial charge in [-0.1, -0.05) is 30.3 Å². The van der Waals surface area contributed by atoms with Crippen LogP contribution in [0.25, 0.3) is 5.70 Å². The fourth-order valence-electron chi connectivity index (χ4n) is 3.40. The van der Waals surface area contributed by atoms with Crippen LogP contribution in [0.4, 0.5) is 5.69 Å². The third kappa shape index (κ3) is 3.13. The first-order chi connectivity index (χ1) is 13.0. The molecule has 1 N–H and O–H groups in total. The van der Waals surface area contributed by atoms with Crippen LogP contribution in [0.5, 0.6) is 0 Å². The molecule has 1 amide bonds. The van der Waals surface area contributed by atoms with Crippen molar-refractivity contribution in [3.05, 3.63) is 64.6 Å². The van der Waals surface area contributed by atoms with Crippen LogP contribution in [0.3, 0.4) is 0 Å². The van der Waals surface area contributed by atoms with Crippen LogP contribution in [0.15, 0.2) is 58.3 Å². The standard InChI is InChI=1S/C20H20N2O4S/c1-14-5-4-6-15(13-14)21-18-16-7-2-3-8-17(16)27(24,25)19(18)20(23)22-9-11-26-12-10-22/h2-8,13,21H,9-12H2,1H3. The maximum Gasteiger partial charge on any atom is 0.268 e. The highest BCUT2D eigenvalue weighted by molar-refractivity contribution is 7.97. The van der Waals surface area contributed by atoms with E-state index in [4.69, 9.17) is 4.74 Å². The number of aryl methyl sites for hydroxylation is 1. The normalized spacial score (nSPS) is 18.3. The van der Waals surface area contributed by atoms with Crippen LogP contribution in [-0.2, 0) is 19.4 Å². The van der Waals surface area contributed by atoms with Crippen molar-refractivity contribution < 1.29 is 17.9 Å². The summed E-state index contributed by atoms with van der Waals surface area (Å²) in [4.78, 5) is 14.7.